The molecule has 2 aromatic carbocycles. The SMILES string of the molecule is CC(=O)Nc1ccc(S(=O)(=O)N[C@H]2CC[C@H](C(=O)N[C@H](C)c3ccc(F)cc3)CC2)cc1Cl. The van der Waals surface area contributed by atoms with E-state index in [2.05, 4.69) is 15.4 Å². The molecule has 10 heteroatoms. The monoisotopic (exact) mass is 495 g/mol. The number of rotatable bonds is 7. The van der Waals surface area contributed by atoms with Crippen LogP contribution in [0.1, 0.15) is 51.1 Å². The largest absolute Gasteiger partial charge is 0.349 e. The number of hydrogen-bond donors (Lipinski definition) is 3. The van der Waals surface area contributed by atoms with E-state index in [0.29, 0.717) is 31.4 Å². The number of halogens is 2. The Bertz CT molecular complexity index is 1120. The zero-order chi connectivity index (χ0) is 24.2. The Morgan fingerprint density at radius 3 is 2.27 bits per heavy atom. The van der Waals surface area contributed by atoms with Crippen molar-refractivity contribution in [3.8, 4) is 0 Å². The zero-order valence-corrected chi connectivity index (χ0v) is 20.0. The first-order chi connectivity index (χ1) is 15.5. The molecule has 1 saturated carbocycles. The van der Waals surface area contributed by atoms with Gasteiger partial charge in [-0.05, 0) is 68.5 Å². The standard InChI is InChI=1S/C23H27ClFN3O4S/c1-14(16-3-7-18(25)8-4-16)26-23(30)17-5-9-19(10-6-17)28-33(31,32)20-11-12-22(21(24)13-20)27-15(2)29/h3-4,7-8,11-14,17,19,28H,5-6,9-10H2,1-2H3,(H,26,30)(H,27,29)/t14-,17-,19-/m1/s1. The maximum Gasteiger partial charge on any atom is 0.240 e. The number of carbonyl (C=O) groups excluding carboxylic acids is 2. The summed E-state index contributed by atoms with van der Waals surface area (Å²) in [6, 6.07) is 9.58. The summed E-state index contributed by atoms with van der Waals surface area (Å²) in [6.07, 6.45) is 2.16. The van der Waals surface area contributed by atoms with Crippen molar-refractivity contribution in [2.24, 2.45) is 5.92 Å². The number of carbonyl (C=O) groups is 2. The maximum atomic E-state index is 13.1. The van der Waals surface area contributed by atoms with Crippen LogP contribution in [-0.4, -0.2) is 26.3 Å². The van der Waals surface area contributed by atoms with E-state index in [1.165, 1.54) is 37.3 Å². The van der Waals surface area contributed by atoms with E-state index < -0.39 is 10.0 Å². The number of sulfonamides is 1. The van der Waals surface area contributed by atoms with Gasteiger partial charge in [0.15, 0.2) is 0 Å². The molecule has 0 aromatic heterocycles. The van der Waals surface area contributed by atoms with Crippen molar-refractivity contribution in [3.05, 3.63) is 58.9 Å². The van der Waals surface area contributed by atoms with Crippen LogP contribution >= 0.6 is 11.6 Å². The van der Waals surface area contributed by atoms with E-state index in [9.17, 15) is 22.4 Å². The lowest BCUT2D eigenvalue weighted by Crippen LogP contribution is -2.41. The molecule has 0 aliphatic heterocycles. The van der Waals surface area contributed by atoms with Gasteiger partial charge in [0.2, 0.25) is 21.8 Å². The van der Waals surface area contributed by atoms with Gasteiger partial charge in [-0.3, -0.25) is 9.59 Å². The van der Waals surface area contributed by atoms with Crippen LogP contribution in [-0.2, 0) is 19.6 Å². The van der Waals surface area contributed by atoms with Gasteiger partial charge in [0.1, 0.15) is 5.82 Å². The van der Waals surface area contributed by atoms with Gasteiger partial charge in [0.05, 0.1) is 21.6 Å². The van der Waals surface area contributed by atoms with Crippen molar-refractivity contribution < 1.29 is 22.4 Å². The van der Waals surface area contributed by atoms with Gasteiger partial charge in [-0.2, -0.15) is 0 Å². The van der Waals surface area contributed by atoms with Crippen LogP contribution in [0.2, 0.25) is 5.02 Å². The number of nitrogens with one attached hydrogen (secondary N) is 3. The average molecular weight is 496 g/mol. The third kappa shape index (κ3) is 6.75. The Morgan fingerprint density at radius 2 is 1.70 bits per heavy atom. The molecular formula is C23H27ClFN3O4S. The van der Waals surface area contributed by atoms with Gasteiger partial charge in [-0.15, -0.1) is 0 Å². The smallest absolute Gasteiger partial charge is 0.240 e. The molecule has 2 amide bonds. The fourth-order valence-corrected chi connectivity index (χ4v) is 5.50. The molecule has 0 unspecified atom stereocenters. The lowest BCUT2D eigenvalue weighted by Gasteiger charge is -2.29. The van der Waals surface area contributed by atoms with Gasteiger partial charge in [0.25, 0.3) is 0 Å². The molecule has 3 N–H and O–H groups in total. The Morgan fingerprint density at radius 1 is 1.06 bits per heavy atom. The maximum absolute atomic E-state index is 13.1. The Labute approximate surface area is 198 Å². The molecule has 1 aliphatic carbocycles. The predicted molar refractivity (Wildman–Crippen MR) is 125 cm³/mol. The van der Waals surface area contributed by atoms with Gasteiger partial charge in [0, 0.05) is 18.9 Å². The zero-order valence-electron chi connectivity index (χ0n) is 18.4. The summed E-state index contributed by atoms with van der Waals surface area (Å²) < 4.78 is 41.3. The fraction of sp³-hybridized carbons (Fsp3) is 0.391. The van der Waals surface area contributed by atoms with Crippen LogP contribution in [0.4, 0.5) is 10.1 Å². The van der Waals surface area contributed by atoms with Crippen LogP contribution in [0, 0.1) is 11.7 Å². The van der Waals surface area contributed by atoms with Crippen molar-refractivity contribution in [2.45, 2.75) is 56.5 Å². The van der Waals surface area contributed by atoms with E-state index in [-0.39, 0.29) is 45.6 Å². The highest BCUT2D eigenvalue weighted by Crippen LogP contribution is 2.29. The minimum Gasteiger partial charge on any atom is -0.349 e. The quantitative estimate of drug-likeness (QED) is 0.536. The summed E-state index contributed by atoms with van der Waals surface area (Å²) in [5, 5.41) is 5.62. The molecule has 3 rings (SSSR count). The molecule has 0 spiro atoms. The first kappa shape index (κ1) is 25.1. The lowest BCUT2D eigenvalue weighted by atomic mass is 9.85. The van der Waals surface area contributed by atoms with E-state index in [0.717, 1.165) is 5.56 Å². The summed E-state index contributed by atoms with van der Waals surface area (Å²) >= 11 is 6.10. The summed E-state index contributed by atoms with van der Waals surface area (Å²) in [4.78, 5) is 23.8. The molecule has 1 fully saturated rings. The Hall–Kier alpha value is -2.49. The van der Waals surface area contributed by atoms with Crippen molar-refractivity contribution in [3.63, 3.8) is 0 Å². The van der Waals surface area contributed by atoms with Crippen LogP contribution in [0.5, 0.6) is 0 Å². The van der Waals surface area contributed by atoms with Crippen LogP contribution in [0.25, 0.3) is 0 Å². The molecule has 178 valence electrons. The molecule has 0 radical (unpaired) electrons. The second-order valence-corrected chi connectivity index (χ2v) is 10.4. The van der Waals surface area contributed by atoms with E-state index in [1.54, 1.807) is 12.1 Å². The van der Waals surface area contributed by atoms with Gasteiger partial charge < -0.3 is 10.6 Å². The van der Waals surface area contributed by atoms with E-state index >= 15 is 0 Å². The highest BCUT2D eigenvalue weighted by Gasteiger charge is 2.30. The summed E-state index contributed by atoms with van der Waals surface area (Å²) in [5.41, 5.74) is 1.15. The Kier molecular flexibility index (Phi) is 8.10. The number of anilines is 1. The van der Waals surface area contributed by atoms with Crippen LogP contribution < -0.4 is 15.4 Å². The van der Waals surface area contributed by atoms with Gasteiger partial charge in [-0.1, -0.05) is 23.7 Å². The number of benzene rings is 2. The van der Waals surface area contributed by atoms with Crippen molar-refractivity contribution in [1.29, 1.82) is 0 Å². The Balaban J connectivity index is 1.54. The van der Waals surface area contributed by atoms with Crippen LogP contribution in [0.15, 0.2) is 47.4 Å². The molecule has 0 bridgehead atoms. The highest BCUT2D eigenvalue weighted by atomic mass is 35.5. The van der Waals surface area contributed by atoms with E-state index in [1.807, 2.05) is 6.92 Å². The molecule has 7 nitrogen and oxygen atoms in total. The molecule has 0 saturated heterocycles. The molecule has 2 aromatic rings. The fourth-order valence-electron chi connectivity index (χ4n) is 3.88. The normalized spacial score (nSPS) is 19.5. The first-order valence-electron chi connectivity index (χ1n) is 10.7. The number of hydrogen-bond acceptors (Lipinski definition) is 4. The summed E-state index contributed by atoms with van der Waals surface area (Å²) in [7, 11) is -3.80. The van der Waals surface area contributed by atoms with Gasteiger partial charge >= 0.3 is 0 Å². The van der Waals surface area contributed by atoms with Crippen molar-refractivity contribution >= 4 is 39.1 Å². The van der Waals surface area contributed by atoms with Crippen molar-refractivity contribution in [1.82, 2.24) is 10.0 Å². The second-order valence-electron chi connectivity index (χ2n) is 8.27. The molecule has 33 heavy (non-hydrogen) atoms. The van der Waals surface area contributed by atoms with Crippen LogP contribution in [0.3, 0.4) is 0 Å². The third-order valence-corrected chi connectivity index (χ3v) is 7.54. The molecule has 1 aliphatic rings. The molecule has 1 atom stereocenters. The summed E-state index contributed by atoms with van der Waals surface area (Å²) in [6.45, 7) is 3.18. The molecule has 0 heterocycles. The molecular weight excluding hydrogens is 469 g/mol. The average Bonchev–Trinajstić information content (AvgIpc) is 2.75. The number of amides is 2. The lowest BCUT2D eigenvalue weighted by molar-refractivity contribution is -0.126. The summed E-state index contributed by atoms with van der Waals surface area (Å²) in [5.74, 6) is -0.934. The highest BCUT2D eigenvalue weighted by molar-refractivity contribution is 7.89. The topological polar surface area (TPSA) is 104 Å². The van der Waals surface area contributed by atoms with Crippen molar-refractivity contribution in [2.75, 3.05) is 5.32 Å². The minimum atomic E-state index is -3.80. The van der Waals surface area contributed by atoms with E-state index in [4.69, 9.17) is 11.6 Å². The minimum absolute atomic E-state index is 0.00888. The van der Waals surface area contributed by atoms with Gasteiger partial charge in [-0.25, -0.2) is 17.5 Å². The predicted octanol–water partition coefficient (Wildman–Crippen LogP) is 4.15. The first-order valence-corrected chi connectivity index (χ1v) is 12.6. The third-order valence-electron chi connectivity index (χ3n) is 5.71. The second kappa shape index (κ2) is 10.6.